The van der Waals surface area contributed by atoms with Crippen LogP contribution in [0.25, 0.3) is 0 Å². The molecule has 0 radical (unpaired) electrons. The largest absolute Gasteiger partial charge is 0.379 e. The molecular weight excluding hydrogens is 280 g/mol. The second-order valence-corrected chi connectivity index (χ2v) is 5.85. The molecule has 92 valence electrons. The summed E-state index contributed by atoms with van der Waals surface area (Å²) in [5.74, 6) is 0.254. The first-order valence-electron chi connectivity index (χ1n) is 5.87. The normalized spacial score (nSPS) is 17.6. The average molecular weight is 297 g/mol. The van der Waals surface area contributed by atoms with Gasteiger partial charge in [-0.3, -0.25) is 0 Å². The zero-order chi connectivity index (χ0) is 12.5. The first kappa shape index (κ1) is 12.8. The Morgan fingerprint density at radius 1 is 1.47 bits per heavy atom. The van der Waals surface area contributed by atoms with Crippen LogP contribution in [0.5, 0.6) is 0 Å². The molecule has 17 heavy (non-hydrogen) atoms. The Morgan fingerprint density at radius 3 is 2.71 bits per heavy atom. The molecule has 0 spiro atoms. The van der Waals surface area contributed by atoms with Crippen molar-refractivity contribution in [1.82, 2.24) is 0 Å². The highest BCUT2D eigenvalue weighted by Gasteiger charge is 2.41. The number of ketones is 1. The fourth-order valence-corrected chi connectivity index (χ4v) is 2.72. The van der Waals surface area contributed by atoms with Crippen molar-refractivity contribution in [3.8, 4) is 0 Å². The van der Waals surface area contributed by atoms with Crippen molar-refractivity contribution < 1.29 is 9.53 Å². The second-order valence-electron chi connectivity index (χ2n) is 4.93. The van der Waals surface area contributed by atoms with E-state index in [1.807, 2.05) is 0 Å². The highest BCUT2D eigenvalue weighted by atomic mass is 79.9. The van der Waals surface area contributed by atoms with E-state index in [0.717, 1.165) is 24.1 Å². The Bertz CT molecular complexity index is 436. The number of aryl methyl sites for hydroxylation is 1. The number of hydrogen-bond donors (Lipinski definition) is 0. The summed E-state index contributed by atoms with van der Waals surface area (Å²) in [6, 6.07) is 6.34. The van der Waals surface area contributed by atoms with Crippen molar-refractivity contribution in [3.05, 3.63) is 33.8 Å². The predicted molar refractivity (Wildman–Crippen MR) is 71.3 cm³/mol. The molecule has 1 heterocycles. The molecule has 1 aliphatic rings. The van der Waals surface area contributed by atoms with E-state index >= 15 is 0 Å². The summed E-state index contributed by atoms with van der Waals surface area (Å²) in [5, 5.41) is 0. The number of ether oxygens (including phenoxy) is 1. The quantitative estimate of drug-likeness (QED) is 0.851. The fourth-order valence-electron chi connectivity index (χ4n) is 2.36. The molecule has 0 atom stereocenters. The minimum absolute atomic E-state index is 0.0551. The van der Waals surface area contributed by atoms with Crippen LogP contribution >= 0.6 is 15.9 Å². The van der Waals surface area contributed by atoms with Gasteiger partial charge in [-0.2, -0.15) is 0 Å². The third-order valence-corrected chi connectivity index (χ3v) is 3.98. The van der Waals surface area contributed by atoms with E-state index in [9.17, 15) is 4.79 Å². The summed E-state index contributed by atoms with van der Waals surface area (Å²) in [5.41, 5.74) is 2.65. The van der Waals surface area contributed by atoms with Crippen molar-refractivity contribution in [2.24, 2.45) is 0 Å². The van der Waals surface area contributed by atoms with Gasteiger partial charge in [-0.05, 0) is 43.5 Å². The van der Waals surface area contributed by atoms with Gasteiger partial charge in [-0.15, -0.1) is 0 Å². The molecule has 0 saturated carbocycles. The minimum Gasteiger partial charge on any atom is -0.379 e. The lowest BCUT2D eigenvalue weighted by Crippen LogP contribution is -2.47. The molecule has 0 bridgehead atoms. The maximum atomic E-state index is 11.2. The Hall–Kier alpha value is -0.670. The molecule has 2 rings (SSSR count). The number of halogens is 1. The van der Waals surface area contributed by atoms with Gasteiger partial charge in [0.05, 0.1) is 13.2 Å². The van der Waals surface area contributed by atoms with Gasteiger partial charge in [-0.25, -0.2) is 0 Å². The molecular formula is C14H17BrO2. The number of benzene rings is 1. The Kier molecular flexibility index (Phi) is 3.69. The molecule has 1 aliphatic heterocycles. The summed E-state index contributed by atoms with van der Waals surface area (Å²) in [7, 11) is 0. The summed E-state index contributed by atoms with van der Waals surface area (Å²) in [4.78, 5) is 11.2. The SMILES string of the molecule is CC(=O)CCC1(c2cc(Br)ccc2C)COC1. The average Bonchev–Trinajstić information content (AvgIpc) is 2.21. The molecule has 0 unspecified atom stereocenters. The third kappa shape index (κ3) is 2.61. The van der Waals surface area contributed by atoms with Crippen LogP contribution < -0.4 is 0 Å². The number of rotatable bonds is 4. The molecule has 1 fully saturated rings. The first-order valence-corrected chi connectivity index (χ1v) is 6.67. The van der Waals surface area contributed by atoms with Gasteiger partial charge in [0, 0.05) is 16.3 Å². The van der Waals surface area contributed by atoms with Gasteiger partial charge in [0.2, 0.25) is 0 Å². The molecule has 1 aromatic carbocycles. The number of carbonyl (C=O) groups excluding carboxylic acids is 1. The third-order valence-electron chi connectivity index (χ3n) is 3.48. The van der Waals surface area contributed by atoms with Crippen LogP contribution in [0.1, 0.15) is 30.9 Å². The molecule has 3 heteroatoms. The zero-order valence-electron chi connectivity index (χ0n) is 10.3. The van der Waals surface area contributed by atoms with E-state index < -0.39 is 0 Å². The van der Waals surface area contributed by atoms with Gasteiger partial charge in [0.15, 0.2) is 0 Å². The van der Waals surface area contributed by atoms with Crippen LogP contribution in [0.2, 0.25) is 0 Å². The van der Waals surface area contributed by atoms with Crippen LogP contribution in [0.15, 0.2) is 22.7 Å². The Labute approximate surface area is 110 Å². The number of Topliss-reactive ketones (excluding diaryl/α,β-unsaturated/α-hetero) is 1. The molecule has 2 nitrogen and oxygen atoms in total. The van der Waals surface area contributed by atoms with Crippen LogP contribution in [-0.2, 0) is 14.9 Å². The van der Waals surface area contributed by atoms with Gasteiger partial charge >= 0.3 is 0 Å². The molecule has 1 saturated heterocycles. The van der Waals surface area contributed by atoms with Crippen LogP contribution in [0, 0.1) is 6.92 Å². The topological polar surface area (TPSA) is 26.3 Å². The molecule has 0 N–H and O–H groups in total. The lowest BCUT2D eigenvalue weighted by atomic mass is 9.73. The summed E-state index contributed by atoms with van der Waals surface area (Å²) in [6.45, 7) is 5.24. The van der Waals surface area contributed by atoms with E-state index in [1.54, 1.807) is 6.92 Å². The van der Waals surface area contributed by atoms with Crippen LogP contribution in [-0.4, -0.2) is 19.0 Å². The Balaban J connectivity index is 2.27. The lowest BCUT2D eigenvalue weighted by Gasteiger charge is -2.43. The van der Waals surface area contributed by atoms with E-state index in [4.69, 9.17) is 4.74 Å². The van der Waals surface area contributed by atoms with Crippen molar-refractivity contribution in [1.29, 1.82) is 0 Å². The first-order chi connectivity index (χ1) is 8.03. The summed E-state index contributed by atoms with van der Waals surface area (Å²) >= 11 is 3.51. The molecule has 0 amide bonds. The zero-order valence-corrected chi connectivity index (χ0v) is 11.8. The van der Waals surface area contributed by atoms with Gasteiger partial charge in [0.25, 0.3) is 0 Å². The molecule has 0 aromatic heterocycles. The highest BCUT2D eigenvalue weighted by molar-refractivity contribution is 9.10. The lowest BCUT2D eigenvalue weighted by molar-refractivity contribution is -0.119. The minimum atomic E-state index is 0.0551. The van der Waals surface area contributed by atoms with Gasteiger partial charge in [0.1, 0.15) is 5.78 Å². The molecule has 0 aliphatic carbocycles. The maximum absolute atomic E-state index is 11.2. The van der Waals surface area contributed by atoms with E-state index in [2.05, 4.69) is 41.1 Å². The van der Waals surface area contributed by atoms with Gasteiger partial charge in [-0.1, -0.05) is 22.0 Å². The summed E-state index contributed by atoms with van der Waals surface area (Å²) < 4.78 is 6.48. The van der Waals surface area contributed by atoms with Crippen molar-refractivity contribution in [2.45, 2.75) is 32.1 Å². The van der Waals surface area contributed by atoms with E-state index in [-0.39, 0.29) is 11.2 Å². The number of carbonyl (C=O) groups is 1. The Morgan fingerprint density at radius 2 is 2.18 bits per heavy atom. The van der Waals surface area contributed by atoms with Crippen molar-refractivity contribution in [3.63, 3.8) is 0 Å². The van der Waals surface area contributed by atoms with E-state index in [1.165, 1.54) is 11.1 Å². The summed E-state index contributed by atoms with van der Waals surface area (Å²) in [6.07, 6.45) is 1.52. The molecule has 1 aromatic rings. The monoisotopic (exact) mass is 296 g/mol. The number of hydrogen-bond acceptors (Lipinski definition) is 2. The standard InChI is InChI=1S/C14H17BrO2/c1-10-3-4-12(15)7-13(10)14(8-17-9-14)6-5-11(2)16/h3-4,7H,5-6,8-9H2,1-2H3. The van der Waals surface area contributed by atoms with Crippen molar-refractivity contribution in [2.75, 3.05) is 13.2 Å². The fraction of sp³-hybridized carbons (Fsp3) is 0.500. The van der Waals surface area contributed by atoms with E-state index in [0.29, 0.717) is 6.42 Å². The smallest absolute Gasteiger partial charge is 0.129 e. The van der Waals surface area contributed by atoms with Crippen LogP contribution in [0.4, 0.5) is 0 Å². The van der Waals surface area contributed by atoms with Crippen molar-refractivity contribution >= 4 is 21.7 Å². The maximum Gasteiger partial charge on any atom is 0.129 e. The van der Waals surface area contributed by atoms with Crippen LogP contribution in [0.3, 0.4) is 0 Å². The van der Waals surface area contributed by atoms with Gasteiger partial charge < -0.3 is 9.53 Å². The predicted octanol–water partition coefficient (Wildman–Crippen LogP) is 3.39. The second kappa shape index (κ2) is 4.91. The highest BCUT2D eigenvalue weighted by Crippen LogP contribution is 2.39.